The molecule has 2 aromatic heterocycles. The third-order valence-electron chi connectivity index (χ3n) is 4.94. The molecule has 11 heteroatoms. The van der Waals surface area contributed by atoms with Gasteiger partial charge in [0.25, 0.3) is 5.91 Å². The Hall–Kier alpha value is -4.93. The number of carbonyl (C=O) groups is 3. The van der Waals surface area contributed by atoms with Gasteiger partial charge in [0.1, 0.15) is 23.7 Å². The van der Waals surface area contributed by atoms with Crippen LogP contribution in [0, 0.1) is 0 Å². The monoisotopic (exact) mass is 474 g/mol. The number of carbonyl (C=O) groups excluding carboxylic acids is 3. The molecular formula is C24H22N6O5. The number of pyridine rings is 1. The molecule has 4 rings (SSSR count). The minimum atomic E-state index is -0.567. The molecule has 0 atom stereocenters. The number of nitrogens with one attached hydrogen (secondary N) is 3. The van der Waals surface area contributed by atoms with Gasteiger partial charge in [0.15, 0.2) is 0 Å². The molecule has 0 saturated heterocycles. The van der Waals surface area contributed by atoms with Gasteiger partial charge in [-0.15, -0.1) is 0 Å². The van der Waals surface area contributed by atoms with Crippen LogP contribution in [0.1, 0.15) is 10.5 Å². The van der Waals surface area contributed by atoms with E-state index in [1.54, 1.807) is 47.3 Å². The average Bonchev–Trinajstić information content (AvgIpc) is 3.23. The highest BCUT2D eigenvalue weighted by Gasteiger charge is 2.11. The summed E-state index contributed by atoms with van der Waals surface area (Å²) < 4.78 is 12.0. The normalized spacial score (nSPS) is 10.5. The number of benzene rings is 2. The molecule has 0 aliphatic carbocycles. The predicted octanol–water partition coefficient (Wildman–Crippen LogP) is 3.31. The lowest BCUT2D eigenvalue weighted by atomic mass is 10.2. The summed E-state index contributed by atoms with van der Waals surface area (Å²) in [5.41, 5.74) is 2.27. The Morgan fingerprint density at radius 1 is 0.943 bits per heavy atom. The molecule has 3 N–H and O–H groups in total. The largest absolute Gasteiger partial charge is 0.468 e. The molecular weight excluding hydrogens is 452 g/mol. The van der Waals surface area contributed by atoms with Crippen LogP contribution < -0.4 is 20.7 Å². The van der Waals surface area contributed by atoms with Crippen LogP contribution in [0.5, 0.6) is 11.5 Å². The molecule has 11 nitrogen and oxygen atoms in total. The SMILES string of the molecule is COC(=O)CNC(=O)c1cc(Oc2ccc(NC(=O)Nc3ccc4c(cnn4C)c3)cc2)ccn1. The summed E-state index contributed by atoms with van der Waals surface area (Å²) in [6, 6.07) is 14.9. The van der Waals surface area contributed by atoms with Crippen LogP contribution in [0.4, 0.5) is 16.2 Å². The Bertz CT molecular complexity index is 1380. The third kappa shape index (κ3) is 5.90. The second kappa shape index (κ2) is 10.3. The van der Waals surface area contributed by atoms with Crippen LogP contribution >= 0.6 is 0 Å². The van der Waals surface area contributed by atoms with E-state index >= 15 is 0 Å². The number of anilines is 2. The summed E-state index contributed by atoms with van der Waals surface area (Å²) in [6.07, 6.45) is 3.16. The number of hydrogen-bond acceptors (Lipinski definition) is 7. The first-order valence-electron chi connectivity index (χ1n) is 10.5. The van der Waals surface area contributed by atoms with Gasteiger partial charge in [-0.1, -0.05) is 0 Å². The zero-order valence-electron chi connectivity index (χ0n) is 18.9. The molecule has 0 aliphatic heterocycles. The van der Waals surface area contributed by atoms with Crippen LogP contribution in [0.25, 0.3) is 10.9 Å². The second-order valence-electron chi connectivity index (χ2n) is 7.38. The molecule has 0 spiro atoms. The van der Waals surface area contributed by atoms with E-state index in [0.717, 1.165) is 10.9 Å². The highest BCUT2D eigenvalue weighted by molar-refractivity contribution is 6.01. The molecule has 4 aromatic rings. The number of methoxy groups -OCH3 is 1. The highest BCUT2D eigenvalue weighted by atomic mass is 16.5. The van der Waals surface area contributed by atoms with Crippen molar-refractivity contribution in [2.75, 3.05) is 24.3 Å². The van der Waals surface area contributed by atoms with E-state index in [4.69, 9.17) is 4.74 Å². The molecule has 35 heavy (non-hydrogen) atoms. The van der Waals surface area contributed by atoms with Gasteiger partial charge >= 0.3 is 12.0 Å². The van der Waals surface area contributed by atoms with E-state index < -0.39 is 17.9 Å². The van der Waals surface area contributed by atoms with Crippen molar-refractivity contribution in [3.05, 3.63) is 72.7 Å². The van der Waals surface area contributed by atoms with Crippen LogP contribution in [-0.4, -0.2) is 46.3 Å². The minimum Gasteiger partial charge on any atom is -0.468 e. The fourth-order valence-corrected chi connectivity index (χ4v) is 3.19. The van der Waals surface area contributed by atoms with E-state index in [-0.39, 0.29) is 12.2 Å². The topological polar surface area (TPSA) is 136 Å². The minimum absolute atomic E-state index is 0.0887. The Balaban J connectivity index is 1.33. The maximum atomic E-state index is 12.4. The quantitative estimate of drug-likeness (QED) is 0.350. The Kier molecular flexibility index (Phi) is 6.86. The maximum Gasteiger partial charge on any atom is 0.325 e. The van der Waals surface area contributed by atoms with Crippen molar-refractivity contribution in [1.82, 2.24) is 20.1 Å². The first-order chi connectivity index (χ1) is 16.9. The lowest BCUT2D eigenvalue weighted by molar-refractivity contribution is -0.139. The van der Waals surface area contributed by atoms with Crippen molar-refractivity contribution in [3.8, 4) is 11.5 Å². The standard InChI is InChI=1S/C24H22N6O5/c1-30-21-8-5-17(11-15(21)13-27-30)29-24(33)28-16-3-6-18(7-4-16)35-19-9-10-25-20(12-19)23(32)26-14-22(31)34-2/h3-13H,14H2,1-2H3,(H,26,32)(H2,28,29,33). The first-order valence-corrected chi connectivity index (χ1v) is 10.5. The molecule has 3 amide bonds. The zero-order valence-corrected chi connectivity index (χ0v) is 18.9. The predicted molar refractivity (Wildman–Crippen MR) is 128 cm³/mol. The molecule has 0 radical (unpaired) electrons. The third-order valence-corrected chi connectivity index (χ3v) is 4.94. The molecule has 2 aromatic carbocycles. The van der Waals surface area contributed by atoms with Crippen LogP contribution in [0.15, 0.2) is 67.0 Å². The van der Waals surface area contributed by atoms with Gasteiger partial charge in [-0.05, 0) is 48.5 Å². The van der Waals surface area contributed by atoms with E-state index in [1.165, 1.54) is 19.4 Å². The first kappa shape index (κ1) is 23.2. The van der Waals surface area contributed by atoms with Gasteiger partial charge in [-0.2, -0.15) is 5.10 Å². The van der Waals surface area contributed by atoms with Crippen molar-refractivity contribution in [1.29, 1.82) is 0 Å². The van der Waals surface area contributed by atoms with Crippen molar-refractivity contribution < 1.29 is 23.9 Å². The van der Waals surface area contributed by atoms with Crippen LogP contribution in [-0.2, 0) is 16.6 Å². The summed E-state index contributed by atoms with van der Waals surface area (Å²) in [7, 11) is 3.09. The fraction of sp³-hybridized carbons (Fsp3) is 0.125. The van der Waals surface area contributed by atoms with E-state index in [2.05, 4.69) is 30.8 Å². The summed E-state index contributed by atoms with van der Waals surface area (Å²) in [6.45, 7) is -0.262. The lowest BCUT2D eigenvalue weighted by Gasteiger charge is -2.10. The Labute approximate surface area is 200 Å². The number of nitrogens with zero attached hydrogens (tertiary/aromatic N) is 3. The van der Waals surface area contributed by atoms with Crippen molar-refractivity contribution in [2.24, 2.45) is 7.05 Å². The maximum absolute atomic E-state index is 12.4. The Morgan fingerprint density at radius 2 is 1.69 bits per heavy atom. The number of amides is 3. The molecule has 0 fully saturated rings. The number of hydrogen-bond donors (Lipinski definition) is 3. The average molecular weight is 474 g/mol. The van der Waals surface area contributed by atoms with E-state index in [1.807, 2.05) is 19.2 Å². The summed E-state index contributed by atoms with van der Waals surface area (Å²) in [5.74, 6) is -0.227. The van der Waals surface area contributed by atoms with Crippen molar-refractivity contribution in [3.63, 3.8) is 0 Å². The Morgan fingerprint density at radius 3 is 2.46 bits per heavy atom. The van der Waals surface area contributed by atoms with Crippen LogP contribution in [0.2, 0.25) is 0 Å². The van der Waals surface area contributed by atoms with Crippen LogP contribution in [0.3, 0.4) is 0 Å². The molecule has 0 bridgehead atoms. The number of rotatable bonds is 7. The van der Waals surface area contributed by atoms with Gasteiger partial charge in [-0.3, -0.25) is 19.3 Å². The molecule has 0 saturated carbocycles. The van der Waals surface area contributed by atoms with Gasteiger partial charge in [-0.25, -0.2) is 4.79 Å². The fourth-order valence-electron chi connectivity index (χ4n) is 3.19. The highest BCUT2D eigenvalue weighted by Crippen LogP contribution is 2.24. The molecule has 178 valence electrons. The van der Waals surface area contributed by atoms with Gasteiger partial charge < -0.3 is 25.4 Å². The summed E-state index contributed by atoms with van der Waals surface area (Å²) in [5, 5.41) is 13.1. The zero-order chi connectivity index (χ0) is 24.8. The number of aromatic nitrogens is 3. The number of ether oxygens (including phenoxy) is 2. The molecule has 0 unspecified atom stereocenters. The van der Waals surface area contributed by atoms with Gasteiger partial charge in [0.05, 0.1) is 18.8 Å². The molecule has 2 heterocycles. The van der Waals surface area contributed by atoms with Crippen molar-refractivity contribution in [2.45, 2.75) is 0 Å². The number of fused-ring (bicyclic) bond motifs is 1. The van der Waals surface area contributed by atoms with Gasteiger partial charge in [0, 0.05) is 36.1 Å². The number of esters is 1. The lowest BCUT2D eigenvalue weighted by Crippen LogP contribution is -2.30. The molecule has 0 aliphatic rings. The second-order valence-corrected chi connectivity index (χ2v) is 7.38. The number of urea groups is 1. The summed E-state index contributed by atoms with van der Waals surface area (Å²) in [4.78, 5) is 39.6. The van der Waals surface area contributed by atoms with Gasteiger partial charge in [0.2, 0.25) is 0 Å². The summed E-state index contributed by atoms with van der Waals surface area (Å²) >= 11 is 0. The smallest absolute Gasteiger partial charge is 0.325 e. The van der Waals surface area contributed by atoms with E-state index in [9.17, 15) is 14.4 Å². The van der Waals surface area contributed by atoms with Crippen molar-refractivity contribution >= 4 is 40.2 Å². The number of aryl methyl sites for hydroxylation is 1. The van der Waals surface area contributed by atoms with E-state index in [0.29, 0.717) is 22.9 Å².